The molecular weight excluding hydrogens is 256 g/mol. The van der Waals surface area contributed by atoms with Gasteiger partial charge >= 0.3 is 0 Å². The van der Waals surface area contributed by atoms with E-state index in [-0.39, 0.29) is 5.75 Å². The molecule has 2 heterocycles. The Labute approximate surface area is 95.3 Å². The second-order valence-electron chi connectivity index (χ2n) is 2.93. The molecule has 0 aliphatic heterocycles. The molecule has 2 aromatic rings. The van der Waals surface area contributed by atoms with Crippen LogP contribution in [0.2, 0.25) is 0 Å². The first-order valence-electron chi connectivity index (χ1n) is 4.05. The predicted octanol–water partition coefficient (Wildman–Crippen LogP) is 2.21. The molecule has 15 heavy (non-hydrogen) atoms. The fourth-order valence-electron chi connectivity index (χ4n) is 1.24. The van der Waals surface area contributed by atoms with E-state index in [2.05, 4.69) is 10.2 Å². The van der Waals surface area contributed by atoms with Crippen LogP contribution in [0.15, 0.2) is 23.7 Å². The highest BCUT2D eigenvalue weighted by atomic mass is 35.7. The molecule has 0 aliphatic carbocycles. The van der Waals surface area contributed by atoms with E-state index >= 15 is 0 Å². The van der Waals surface area contributed by atoms with Gasteiger partial charge in [0.2, 0.25) is 9.05 Å². The molecule has 0 radical (unpaired) electrons. The van der Waals surface area contributed by atoms with E-state index in [1.165, 1.54) is 17.5 Å². The van der Waals surface area contributed by atoms with Crippen LogP contribution in [0.1, 0.15) is 5.56 Å². The van der Waals surface area contributed by atoms with Crippen LogP contribution < -0.4 is 0 Å². The van der Waals surface area contributed by atoms with E-state index in [1.807, 2.05) is 17.5 Å². The fourth-order valence-corrected chi connectivity index (χ4v) is 2.94. The van der Waals surface area contributed by atoms with Crippen molar-refractivity contribution in [1.29, 1.82) is 0 Å². The average molecular weight is 263 g/mol. The quantitative estimate of drug-likeness (QED) is 0.863. The van der Waals surface area contributed by atoms with Crippen LogP contribution in [0.5, 0.6) is 0 Å². The number of aromatic nitrogens is 2. The lowest BCUT2D eigenvalue weighted by atomic mass is 10.2. The summed E-state index contributed by atoms with van der Waals surface area (Å²) in [7, 11) is 1.65. The third-order valence-corrected chi connectivity index (χ3v) is 3.68. The van der Waals surface area contributed by atoms with Gasteiger partial charge in [0, 0.05) is 16.2 Å². The largest absolute Gasteiger partial charge is 0.277 e. The Kier molecular flexibility index (Phi) is 2.81. The first-order valence-corrected chi connectivity index (χ1v) is 7.40. The van der Waals surface area contributed by atoms with E-state index in [9.17, 15) is 8.42 Å². The van der Waals surface area contributed by atoms with Crippen molar-refractivity contribution in [2.45, 2.75) is 5.75 Å². The lowest BCUT2D eigenvalue weighted by molar-refractivity contribution is 0.609. The first kappa shape index (κ1) is 10.7. The van der Waals surface area contributed by atoms with Crippen LogP contribution in [0.4, 0.5) is 0 Å². The highest BCUT2D eigenvalue weighted by molar-refractivity contribution is 8.13. The van der Waals surface area contributed by atoms with Gasteiger partial charge in [-0.05, 0) is 11.4 Å². The van der Waals surface area contributed by atoms with Gasteiger partial charge < -0.3 is 0 Å². The smallest absolute Gasteiger partial charge is 0.236 e. The highest BCUT2D eigenvalue weighted by Gasteiger charge is 2.14. The Morgan fingerprint density at radius 3 is 2.93 bits per heavy atom. The Bertz CT molecular complexity index is 545. The second kappa shape index (κ2) is 3.96. The van der Waals surface area contributed by atoms with Gasteiger partial charge in [-0.15, -0.1) is 11.3 Å². The van der Waals surface area contributed by atoms with Gasteiger partial charge in [0.1, 0.15) is 0 Å². The number of rotatable bonds is 3. The number of nitrogens with one attached hydrogen (secondary N) is 1. The topological polar surface area (TPSA) is 62.8 Å². The van der Waals surface area contributed by atoms with Gasteiger partial charge in [-0.25, -0.2) is 8.42 Å². The van der Waals surface area contributed by atoms with Crippen LogP contribution in [-0.4, -0.2) is 18.6 Å². The third-order valence-electron chi connectivity index (χ3n) is 1.81. The Balaban J connectivity index is 2.39. The average Bonchev–Trinajstić information content (AvgIpc) is 2.68. The minimum atomic E-state index is -3.54. The molecule has 0 saturated carbocycles. The summed E-state index contributed by atoms with van der Waals surface area (Å²) >= 11 is 1.51. The minimum Gasteiger partial charge on any atom is -0.277 e. The summed E-state index contributed by atoms with van der Waals surface area (Å²) in [6.45, 7) is 0. The molecule has 7 heteroatoms. The monoisotopic (exact) mass is 262 g/mol. The molecule has 1 N–H and O–H groups in total. The SMILES string of the molecule is O=S(=O)(Cl)Cc1cn[nH]c1-c1cccs1. The number of hydrogen-bond acceptors (Lipinski definition) is 4. The molecule has 0 fully saturated rings. The van der Waals surface area contributed by atoms with Crippen molar-refractivity contribution in [3.8, 4) is 10.6 Å². The van der Waals surface area contributed by atoms with Gasteiger partial charge in [-0.3, -0.25) is 5.10 Å². The summed E-state index contributed by atoms with van der Waals surface area (Å²) in [6, 6.07) is 3.78. The summed E-state index contributed by atoms with van der Waals surface area (Å²) < 4.78 is 21.9. The van der Waals surface area contributed by atoms with Crippen molar-refractivity contribution in [2.24, 2.45) is 0 Å². The Hall–Kier alpha value is -0.850. The molecule has 2 aromatic heterocycles. The van der Waals surface area contributed by atoms with Crippen molar-refractivity contribution in [3.63, 3.8) is 0 Å². The van der Waals surface area contributed by atoms with Crippen molar-refractivity contribution in [3.05, 3.63) is 29.3 Å². The molecule has 0 bridgehead atoms. The molecule has 0 aromatic carbocycles. The maximum Gasteiger partial charge on any atom is 0.236 e. The van der Waals surface area contributed by atoms with E-state index in [4.69, 9.17) is 10.7 Å². The standard InChI is InChI=1S/C8H7ClN2O2S2/c9-15(12,13)5-6-4-10-11-8(6)7-2-1-3-14-7/h1-4H,5H2,(H,10,11). The molecule has 80 valence electrons. The molecule has 0 amide bonds. The van der Waals surface area contributed by atoms with Crippen LogP contribution in [0.3, 0.4) is 0 Å². The lowest BCUT2D eigenvalue weighted by Crippen LogP contribution is -1.95. The second-order valence-corrected chi connectivity index (χ2v) is 6.66. The highest BCUT2D eigenvalue weighted by Crippen LogP contribution is 2.27. The molecular formula is C8H7ClN2O2S2. The van der Waals surface area contributed by atoms with Crippen molar-refractivity contribution >= 4 is 31.1 Å². The van der Waals surface area contributed by atoms with Crippen LogP contribution in [0, 0.1) is 0 Å². The molecule has 0 spiro atoms. The maximum absolute atomic E-state index is 10.9. The zero-order valence-electron chi connectivity index (χ0n) is 7.47. The van der Waals surface area contributed by atoms with E-state index in [1.54, 1.807) is 0 Å². The zero-order chi connectivity index (χ0) is 10.9. The molecule has 0 aliphatic rings. The first-order chi connectivity index (χ1) is 7.06. The maximum atomic E-state index is 10.9. The Morgan fingerprint density at radius 1 is 1.53 bits per heavy atom. The van der Waals surface area contributed by atoms with Crippen LogP contribution >= 0.6 is 22.0 Å². The predicted molar refractivity (Wildman–Crippen MR) is 60.4 cm³/mol. The summed E-state index contributed by atoms with van der Waals surface area (Å²) in [6.07, 6.45) is 1.48. The molecule has 4 nitrogen and oxygen atoms in total. The summed E-state index contributed by atoms with van der Waals surface area (Å²) in [5, 5.41) is 8.50. The number of nitrogens with zero attached hydrogens (tertiary/aromatic N) is 1. The zero-order valence-corrected chi connectivity index (χ0v) is 9.86. The molecule has 0 atom stereocenters. The minimum absolute atomic E-state index is 0.210. The summed E-state index contributed by atoms with van der Waals surface area (Å²) in [4.78, 5) is 0.947. The molecule has 0 unspecified atom stereocenters. The van der Waals surface area contributed by atoms with Crippen LogP contribution in [0.25, 0.3) is 10.6 Å². The number of H-pyrrole nitrogens is 1. The van der Waals surface area contributed by atoms with Crippen molar-refractivity contribution in [2.75, 3.05) is 0 Å². The summed E-state index contributed by atoms with van der Waals surface area (Å²) in [5.74, 6) is -0.210. The van der Waals surface area contributed by atoms with Gasteiger partial charge in [0.15, 0.2) is 0 Å². The lowest BCUT2D eigenvalue weighted by Gasteiger charge is -1.97. The molecule has 2 rings (SSSR count). The van der Waals surface area contributed by atoms with Gasteiger partial charge in [-0.2, -0.15) is 5.10 Å². The fraction of sp³-hybridized carbons (Fsp3) is 0.125. The van der Waals surface area contributed by atoms with Crippen molar-refractivity contribution < 1.29 is 8.42 Å². The normalized spacial score (nSPS) is 11.8. The van der Waals surface area contributed by atoms with Gasteiger partial charge in [-0.1, -0.05) is 6.07 Å². The summed E-state index contributed by atoms with van der Waals surface area (Å²) in [5.41, 5.74) is 1.31. The van der Waals surface area contributed by atoms with Gasteiger partial charge in [0.25, 0.3) is 0 Å². The number of hydrogen-bond donors (Lipinski definition) is 1. The van der Waals surface area contributed by atoms with Crippen molar-refractivity contribution in [1.82, 2.24) is 10.2 Å². The molecule has 0 saturated heterocycles. The Morgan fingerprint density at radius 2 is 2.33 bits per heavy atom. The number of aromatic amines is 1. The number of thiophene rings is 1. The van der Waals surface area contributed by atoms with E-state index in [0.717, 1.165) is 4.88 Å². The number of halogens is 1. The van der Waals surface area contributed by atoms with Gasteiger partial charge in [0.05, 0.1) is 22.5 Å². The third kappa shape index (κ3) is 2.58. The van der Waals surface area contributed by atoms with Crippen LogP contribution in [-0.2, 0) is 14.8 Å². The van der Waals surface area contributed by atoms with E-state index < -0.39 is 9.05 Å². The van der Waals surface area contributed by atoms with E-state index in [0.29, 0.717) is 11.3 Å².